The number of anilines is 1. The Morgan fingerprint density at radius 3 is 2.75 bits per heavy atom. The molecule has 1 saturated heterocycles. The quantitative estimate of drug-likeness (QED) is 0.607. The van der Waals surface area contributed by atoms with Gasteiger partial charge in [-0.3, -0.25) is 15.0 Å². The standard InChI is InChI=1S/C20H35N3O5/c1-19(2,23(5)13-15-8-7-9-26-14-15)18(24)21-17-12-16(22-28-17)20(3,4)27-11-10-25-6/h12,15H,7-11,13-14H2,1-6H3,(H,21,24). The van der Waals surface area contributed by atoms with Gasteiger partial charge in [-0.2, -0.15) is 0 Å². The van der Waals surface area contributed by atoms with Gasteiger partial charge in [0.05, 0.1) is 25.4 Å². The number of carbonyl (C=O) groups excluding carboxylic acids is 1. The van der Waals surface area contributed by atoms with Crippen LogP contribution in [0.2, 0.25) is 0 Å². The van der Waals surface area contributed by atoms with Gasteiger partial charge < -0.3 is 18.7 Å². The Morgan fingerprint density at radius 1 is 1.36 bits per heavy atom. The highest BCUT2D eigenvalue weighted by Crippen LogP contribution is 2.27. The van der Waals surface area contributed by atoms with Gasteiger partial charge in [-0.05, 0) is 53.5 Å². The topological polar surface area (TPSA) is 86.1 Å². The molecule has 2 heterocycles. The summed E-state index contributed by atoms with van der Waals surface area (Å²) in [5.74, 6) is 0.617. The van der Waals surface area contributed by atoms with E-state index in [0.29, 0.717) is 30.7 Å². The van der Waals surface area contributed by atoms with Crippen molar-refractivity contribution in [3.05, 3.63) is 11.8 Å². The fourth-order valence-electron chi connectivity index (χ4n) is 3.08. The normalized spacial score (nSPS) is 18.5. The molecule has 1 aliphatic rings. The molecule has 0 bridgehead atoms. The van der Waals surface area contributed by atoms with Crippen LogP contribution in [0.4, 0.5) is 5.88 Å². The van der Waals surface area contributed by atoms with Gasteiger partial charge in [-0.15, -0.1) is 0 Å². The molecule has 0 radical (unpaired) electrons. The van der Waals surface area contributed by atoms with Gasteiger partial charge in [0.25, 0.3) is 0 Å². The Bertz CT molecular complexity index is 623. The number of hydrogen-bond donors (Lipinski definition) is 1. The summed E-state index contributed by atoms with van der Waals surface area (Å²) in [4.78, 5) is 14.9. The number of nitrogens with zero attached hydrogens (tertiary/aromatic N) is 2. The highest BCUT2D eigenvalue weighted by atomic mass is 16.5. The minimum absolute atomic E-state index is 0.146. The number of hydrogen-bond acceptors (Lipinski definition) is 7. The summed E-state index contributed by atoms with van der Waals surface area (Å²) < 4.78 is 21.7. The third-order valence-electron chi connectivity index (χ3n) is 5.41. The van der Waals surface area contributed by atoms with Crippen LogP contribution in [-0.2, 0) is 24.6 Å². The zero-order chi connectivity index (χ0) is 20.8. The van der Waals surface area contributed by atoms with E-state index in [9.17, 15) is 4.79 Å². The van der Waals surface area contributed by atoms with Crippen LogP contribution in [0.15, 0.2) is 10.6 Å². The SMILES string of the molecule is COCCOC(C)(C)c1cc(NC(=O)C(C)(C)N(C)CC2CCCOC2)on1. The number of carbonyl (C=O) groups is 1. The summed E-state index contributed by atoms with van der Waals surface area (Å²) in [5.41, 5.74) is -0.725. The van der Waals surface area contributed by atoms with Crippen molar-refractivity contribution in [2.75, 3.05) is 52.4 Å². The van der Waals surface area contributed by atoms with Gasteiger partial charge in [-0.25, -0.2) is 0 Å². The van der Waals surface area contributed by atoms with Gasteiger partial charge in [0.1, 0.15) is 11.3 Å². The molecule has 0 aliphatic carbocycles. The Hall–Kier alpha value is -1.48. The number of ether oxygens (including phenoxy) is 3. The second-order valence-corrected chi connectivity index (χ2v) is 8.40. The molecular formula is C20H35N3O5. The Morgan fingerprint density at radius 2 is 2.11 bits per heavy atom. The fourth-order valence-corrected chi connectivity index (χ4v) is 3.08. The van der Waals surface area contributed by atoms with Crippen LogP contribution in [0.5, 0.6) is 0 Å². The first-order valence-electron chi connectivity index (χ1n) is 9.87. The number of rotatable bonds is 10. The van der Waals surface area contributed by atoms with E-state index in [0.717, 1.165) is 32.6 Å². The molecule has 0 aromatic carbocycles. The van der Waals surface area contributed by atoms with Crippen LogP contribution in [-0.4, -0.2) is 68.6 Å². The highest BCUT2D eigenvalue weighted by molar-refractivity contribution is 5.96. The fraction of sp³-hybridized carbons (Fsp3) is 0.800. The molecular weight excluding hydrogens is 362 g/mol. The minimum Gasteiger partial charge on any atom is -0.382 e. The van der Waals surface area contributed by atoms with Crippen molar-refractivity contribution in [1.29, 1.82) is 0 Å². The molecule has 2 rings (SSSR count). The minimum atomic E-state index is -0.700. The maximum Gasteiger partial charge on any atom is 0.246 e. The van der Waals surface area contributed by atoms with Gasteiger partial charge in [0.2, 0.25) is 11.8 Å². The van der Waals surface area contributed by atoms with Crippen molar-refractivity contribution in [3.63, 3.8) is 0 Å². The summed E-state index contributed by atoms with van der Waals surface area (Å²) in [6.45, 7) is 10.9. The maximum absolute atomic E-state index is 12.9. The van der Waals surface area contributed by atoms with Crippen molar-refractivity contribution in [1.82, 2.24) is 10.1 Å². The van der Waals surface area contributed by atoms with E-state index in [1.165, 1.54) is 0 Å². The largest absolute Gasteiger partial charge is 0.382 e. The molecule has 8 nitrogen and oxygen atoms in total. The molecule has 1 atom stereocenters. The Labute approximate surface area is 167 Å². The monoisotopic (exact) mass is 397 g/mol. The van der Waals surface area contributed by atoms with Crippen LogP contribution in [0.25, 0.3) is 0 Å². The highest BCUT2D eigenvalue weighted by Gasteiger charge is 2.35. The number of aromatic nitrogens is 1. The van der Waals surface area contributed by atoms with Crippen molar-refractivity contribution >= 4 is 11.8 Å². The summed E-state index contributed by atoms with van der Waals surface area (Å²) in [6, 6.07) is 1.70. The second-order valence-electron chi connectivity index (χ2n) is 8.40. The third-order valence-corrected chi connectivity index (χ3v) is 5.41. The van der Waals surface area contributed by atoms with E-state index in [-0.39, 0.29) is 5.91 Å². The lowest BCUT2D eigenvalue weighted by Crippen LogP contribution is -2.52. The number of nitrogens with one attached hydrogen (secondary N) is 1. The first kappa shape index (κ1) is 22.8. The van der Waals surface area contributed by atoms with Gasteiger partial charge >= 0.3 is 0 Å². The summed E-state index contributed by atoms with van der Waals surface area (Å²) in [7, 11) is 3.59. The number of amides is 1. The first-order chi connectivity index (χ1) is 13.2. The lowest BCUT2D eigenvalue weighted by molar-refractivity contribution is -0.126. The van der Waals surface area contributed by atoms with E-state index in [2.05, 4.69) is 15.4 Å². The van der Waals surface area contributed by atoms with E-state index in [1.807, 2.05) is 34.7 Å². The zero-order valence-corrected chi connectivity index (χ0v) is 18.0. The molecule has 8 heteroatoms. The Kier molecular flexibility index (Phi) is 8.00. The van der Waals surface area contributed by atoms with Crippen LogP contribution < -0.4 is 5.32 Å². The van der Waals surface area contributed by atoms with E-state index in [1.54, 1.807) is 13.2 Å². The van der Waals surface area contributed by atoms with Crippen molar-refractivity contribution in [2.24, 2.45) is 5.92 Å². The molecule has 0 spiro atoms. The van der Waals surface area contributed by atoms with Crippen LogP contribution in [0.3, 0.4) is 0 Å². The molecule has 1 fully saturated rings. The zero-order valence-electron chi connectivity index (χ0n) is 18.0. The summed E-state index contributed by atoms with van der Waals surface area (Å²) in [6.07, 6.45) is 2.21. The number of likely N-dealkylation sites (N-methyl/N-ethyl adjacent to an activating group) is 1. The maximum atomic E-state index is 12.9. The van der Waals surface area contributed by atoms with Crippen LogP contribution in [0, 0.1) is 5.92 Å². The third kappa shape index (κ3) is 6.01. The van der Waals surface area contributed by atoms with Crippen LogP contribution >= 0.6 is 0 Å². The lowest BCUT2D eigenvalue weighted by atomic mass is 9.96. The molecule has 0 saturated carbocycles. The predicted molar refractivity (Wildman–Crippen MR) is 106 cm³/mol. The molecule has 1 aromatic rings. The lowest BCUT2D eigenvalue weighted by Gasteiger charge is -2.37. The molecule has 1 aromatic heterocycles. The van der Waals surface area contributed by atoms with Crippen molar-refractivity contribution < 1.29 is 23.5 Å². The van der Waals surface area contributed by atoms with Crippen molar-refractivity contribution in [2.45, 2.75) is 51.7 Å². The van der Waals surface area contributed by atoms with E-state index in [4.69, 9.17) is 18.7 Å². The Balaban J connectivity index is 1.94. The van der Waals surface area contributed by atoms with Gasteiger partial charge in [-0.1, -0.05) is 5.16 Å². The molecule has 160 valence electrons. The average molecular weight is 398 g/mol. The predicted octanol–water partition coefficient (Wildman–Crippen LogP) is 2.65. The summed E-state index contributed by atoms with van der Waals surface area (Å²) >= 11 is 0. The number of methoxy groups -OCH3 is 1. The second kappa shape index (κ2) is 9.82. The smallest absolute Gasteiger partial charge is 0.246 e. The average Bonchev–Trinajstić information content (AvgIpc) is 3.12. The first-order valence-corrected chi connectivity index (χ1v) is 9.87. The molecule has 1 amide bonds. The van der Waals surface area contributed by atoms with E-state index >= 15 is 0 Å². The van der Waals surface area contributed by atoms with E-state index < -0.39 is 11.1 Å². The molecule has 1 aliphatic heterocycles. The van der Waals surface area contributed by atoms with Gasteiger partial charge in [0, 0.05) is 26.3 Å². The van der Waals surface area contributed by atoms with Crippen LogP contribution in [0.1, 0.15) is 46.2 Å². The molecule has 1 unspecified atom stereocenters. The summed E-state index contributed by atoms with van der Waals surface area (Å²) in [5, 5.41) is 6.89. The van der Waals surface area contributed by atoms with Gasteiger partial charge in [0.15, 0.2) is 0 Å². The van der Waals surface area contributed by atoms with Crippen molar-refractivity contribution in [3.8, 4) is 0 Å². The molecule has 1 N–H and O–H groups in total. The molecule has 28 heavy (non-hydrogen) atoms.